The molecule has 1 N–H and O–H groups in total. The van der Waals surface area contributed by atoms with E-state index in [0.29, 0.717) is 17.6 Å². The Kier molecular flexibility index (Phi) is 5.61. The first-order chi connectivity index (χ1) is 9.20. The number of hydrogen-bond acceptors (Lipinski definition) is 2. The third-order valence-corrected chi connectivity index (χ3v) is 4.10. The van der Waals surface area contributed by atoms with Gasteiger partial charge in [-0.3, -0.25) is 4.90 Å². The van der Waals surface area contributed by atoms with Gasteiger partial charge in [0.2, 0.25) is 0 Å². The lowest BCUT2D eigenvalue weighted by Gasteiger charge is -2.36. The van der Waals surface area contributed by atoms with E-state index in [2.05, 4.69) is 10.2 Å². The van der Waals surface area contributed by atoms with Gasteiger partial charge in [-0.05, 0) is 51.5 Å². The number of hydrogen-bond donors (Lipinski definition) is 1. The average Bonchev–Trinajstić information content (AvgIpc) is 2.41. The summed E-state index contributed by atoms with van der Waals surface area (Å²) in [6.07, 6.45) is 4.85. The minimum atomic E-state index is -0.189. The van der Waals surface area contributed by atoms with Gasteiger partial charge in [-0.2, -0.15) is 0 Å². The first-order valence-corrected chi connectivity index (χ1v) is 7.41. The molecule has 1 fully saturated rings. The van der Waals surface area contributed by atoms with Gasteiger partial charge in [0.25, 0.3) is 0 Å². The van der Waals surface area contributed by atoms with Gasteiger partial charge in [-0.1, -0.05) is 24.1 Å². The van der Waals surface area contributed by atoms with E-state index in [9.17, 15) is 4.39 Å². The molecule has 1 aromatic rings. The minimum absolute atomic E-state index is 0.189. The Balaban J connectivity index is 2.02. The van der Waals surface area contributed by atoms with Crippen molar-refractivity contribution in [2.45, 2.75) is 38.3 Å². The maximum Gasteiger partial charge on any atom is 0.129 e. The van der Waals surface area contributed by atoms with Crippen molar-refractivity contribution in [3.63, 3.8) is 0 Å². The van der Waals surface area contributed by atoms with Gasteiger partial charge < -0.3 is 5.32 Å². The van der Waals surface area contributed by atoms with Gasteiger partial charge in [0.15, 0.2) is 0 Å². The highest BCUT2D eigenvalue weighted by molar-refractivity contribution is 6.30. The van der Waals surface area contributed by atoms with Crippen molar-refractivity contribution in [1.29, 1.82) is 0 Å². The molecule has 0 spiro atoms. The van der Waals surface area contributed by atoms with Crippen LogP contribution in [0.3, 0.4) is 0 Å². The number of nitrogens with one attached hydrogen (secondary N) is 1. The molecule has 19 heavy (non-hydrogen) atoms. The molecule has 1 saturated heterocycles. The van der Waals surface area contributed by atoms with Crippen LogP contribution < -0.4 is 5.32 Å². The van der Waals surface area contributed by atoms with Crippen LogP contribution in [-0.2, 0) is 6.54 Å². The second kappa shape index (κ2) is 7.22. The summed E-state index contributed by atoms with van der Waals surface area (Å²) in [4.78, 5) is 2.41. The highest BCUT2D eigenvalue weighted by Gasteiger charge is 2.22. The summed E-state index contributed by atoms with van der Waals surface area (Å²) in [6, 6.07) is 5.55. The van der Waals surface area contributed by atoms with Gasteiger partial charge in [-0.25, -0.2) is 4.39 Å². The van der Waals surface area contributed by atoms with E-state index in [-0.39, 0.29) is 5.82 Å². The van der Waals surface area contributed by atoms with E-state index in [0.717, 1.165) is 25.1 Å². The number of nitrogens with zero attached hydrogens (tertiary/aromatic N) is 1. The van der Waals surface area contributed by atoms with E-state index in [4.69, 9.17) is 11.6 Å². The van der Waals surface area contributed by atoms with E-state index >= 15 is 0 Å². The quantitative estimate of drug-likeness (QED) is 0.891. The predicted molar refractivity (Wildman–Crippen MR) is 78.0 cm³/mol. The molecule has 0 aromatic heterocycles. The summed E-state index contributed by atoms with van der Waals surface area (Å²) >= 11 is 5.80. The summed E-state index contributed by atoms with van der Waals surface area (Å²) in [5, 5.41) is 3.66. The number of piperidine rings is 1. The summed E-state index contributed by atoms with van der Waals surface area (Å²) in [7, 11) is 1.98. The molecule has 0 aliphatic carbocycles. The van der Waals surface area contributed by atoms with Crippen molar-refractivity contribution in [2.24, 2.45) is 0 Å². The van der Waals surface area contributed by atoms with Gasteiger partial charge in [0.05, 0.1) is 0 Å². The Morgan fingerprint density at radius 3 is 3.00 bits per heavy atom. The molecule has 1 aliphatic rings. The molecule has 0 amide bonds. The van der Waals surface area contributed by atoms with E-state index in [1.165, 1.54) is 25.3 Å². The molecule has 0 saturated carbocycles. The smallest absolute Gasteiger partial charge is 0.129 e. The first kappa shape index (κ1) is 14.8. The second-order valence-electron chi connectivity index (χ2n) is 5.25. The molecule has 106 valence electrons. The largest absolute Gasteiger partial charge is 0.320 e. The Labute approximate surface area is 119 Å². The van der Waals surface area contributed by atoms with Crippen LogP contribution in [0.15, 0.2) is 18.2 Å². The zero-order valence-corrected chi connectivity index (χ0v) is 12.2. The molecule has 1 aliphatic heterocycles. The highest BCUT2D eigenvalue weighted by atomic mass is 35.5. The fourth-order valence-electron chi connectivity index (χ4n) is 2.77. The summed E-state index contributed by atoms with van der Waals surface area (Å²) in [5.41, 5.74) is 0.751. The Bertz CT molecular complexity index is 411. The molecular formula is C15H22ClFN2. The lowest BCUT2D eigenvalue weighted by molar-refractivity contribution is 0.131. The molecule has 1 unspecified atom stereocenters. The Morgan fingerprint density at radius 2 is 2.26 bits per heavy atom. The lowest BCUT2D eigenvalue weighted by atomic mass is 9.98. The monoisotopic (exact) mass is 284 g/mol. The number of rotatable bonds is 5. The zero-order chi connectivity index (χ0) is 13.7. The lowest BCUT2D eigenvalue weighted by Crippen LogP contribution is -2.40. The zero-order valence-electron chi connectivity index (χ0n) is 11.5. The molecule has 2 nitrogen and oxygen atoms in total. The molecule has 0 bridgehead atoms. The van der Waals surface area contributed by atoms with Crippen molar-refractivity contribution < 1.29 is 4.39 Å². The molecule has 4 heteroatoms. The molecule has 1 aromatic carbocycles. The summed E-state index contributed by atoms with van der Waals surface area (Å²) in [5.74, 6) is -0.189. The van der Waals surface area contributed by atoms with Gasteiger partial charge in [0, 0.05) is 23.2 Å². The van der Waals surface area contributed by atoms with Crippen molar-refractivity contribution in [2.75, 3.05) is 20.1 Å². The maximum absolute atomic E-state index is 13.9. The standard InChI is InChI=1S/C15H22ClFN2/c1-18-8-7-14-4-2-3-9-19(14)11-12-5-6-13(16)10-15(12)17/h5-6,10,14,18H,2-4,7-9,11H2,1H3. The van der Waals surface area contributed by atoms with E-state index in [1.807, 2.05) is 7.05 Å². The van der Waals surface area contributed by atoms with Crippen LogP contribution in [0.2, 0.25) is 5.02 Å². The SMILES string of the molecule is CNCCC1CCCCN1Cc1ccc(Cl)cc1F. The number of likely N-dealkylation sites (tertiary alicyclic amines) is 1. The van der Waals surface area contributed by atoms with Crippen LogP contribution in [0.1, 0.15) is 31.2 Å². The highest BCUT2D eigenvalue weighted by Crippen LogP contribution is 2.23. The third kappa shape index (κ3) is 4.16. The average molecular weight is 285 g/mol. The maximum atomic E-state index is 13.9. The number of benzene rings is 1. The Morgan fingerprint density at radius 1 is 1.42 bits per heavy atom. The van der Waals surface area contributed by atoms with Crippen molar-refractivity contribution in [1.82, 2.24) is 10.2 Å². The molecular weight excluding hydrogens is 263 g/mol. The second-order valence-corrected chi connectivity index (χ2v) is 5.68. The van der Waals surface area contributed by atoms with E-state index in [1.54, 1.807) is 12.1 Å². The summed E-state index contributed by atoms with van der Waals surface area (Å²) < 4.78 is 13.9. The van der Waals surface area contributed by atoms with Gasteiger partial charge in [0.1, 0.15) is 5.82 Å². The minimum Gasteiger partial charge on any atom is -0.320 e. The van der Waals surface area contributed by atoms with Crippen molar-refractivity contribution in [3.05, 3.63) is 34.6 Å². The van der Waals surface area contributed by atoms with Gasteiger partial charge >= 0.3 is 0 Å². The molecule has 1 atom stereocenters. The topological polar surface area (TPSA) is 15.3 Å². The first-order valence-electron chi connectivity index (χ1n) is 7.03. The van der Waals surface area contributed by atoms with Crippen LogP contribution in [0.25, 0.3) is 0 Å². The molecule has 2 rings (SSSR count). The van der Waals surface area contributed by atoms with E-state index < -0.39 is 0 Å². The Hall–Kier alpha value is -0.640. The normalized spacial score (nSPS) is 20.7. The summed E-state index contributed by atoms with van der Waals surface area (Å²) in [6.45, 7) is 2.78. The van der Waals surface area contributed by atoms with Crippen LogP contribution in [-0.4, -0.2) is 31.1 Å². The fraction of sp³-hybridized carbons (Fsp3) is 0.600. The van der Waals surface area contributed by atoms with Crippen LogP contribution in [0.5, 0.6) is 0 Å². The van der Waals surface area contributed by atoms with Crippen LogP contribution in [0, 0.1) is 5.82 Å². The molecule has 1 heterocycles. The predicted octanol–water partition coefficient (Wildman–Crippen LogP) is 3.44. The van der Waals surface area contributed by atoms with Crippen LogP contribution >= 0.6 is 11.6 Å². The molecule has 0 radical (unpaired) electrons. The fourth-order valence-corrected chi connectivity index (χ4v) is 2.93. The van der Waals surface area contributed by atoms with Crippen molar-refractivity contribution in [3.8, 4) is 0 Å². The van der Waals surface area contributed by atoms with Crippen molar-refractivity contribution >= 4 is 11.6 Å². The number of halogens is 2. The third-order valence-electron chi connectivity index (χ3n) is 3.87. The van der Waals surface area contributed by atoms with Gasteiger partial charge in [-0.15, -0.1) is 0 Å². The van der Waals surface area contributed by atoms with Crippen LogP contribution in [0.4, 0.5) is 4.39 Å².